The number of oxazole rings is 1. The largest absolute Gasteiger partial charge is 0.451 e. The molecule has 3 nitrogen and oxygen atoms in total. The number of ether oxygens (including phenoxy) is 1. The van der Waals surface area contributed by atoms with Crippen LogP contribution in [-0.4, -0.2) is 11.6 Å². The van der Waals surface area contributed by atoms with Crippen LogP contribution < -0.4 is 0 Å². The molecule has 1 aliphatic heterocycles. The van der Waals surface area contributed by atoms with Gasteiger partial charge in [0.05, 0.1) is 13.2 Å². The maximum Gasteiger partial charge on any atom is 0.181 e. The van der Waals surface area contributed by atoms with Crippen molar-refractivity contribution in [3.05, 3.63) is 42.0 Å². The Kier molecular flexibility index (Phi) is 2.03. The molecule has 1 aromatic heterocycles. The molecule has 2 heterocycles. The molecule has 0 aliphatic carbocycles. The van der Waals surface area contributed by atoms with Crippen LogP contribution in [0.1, 0.15) is 11.1 Å². The van der Waals surface area contributed by atoms with E-state index in [4.69, 9.17) is 9.15 Å². The average Bonchev–Trinajstić information content (AvgIpc) is 2.82. The lowest BCUT2D eigenvalue weighted by Crippen LogP contribution is -2.10. The standard InChI is InChI=1S/C12H11NO2/c1-2-9-6-14-5-4-10(9)11(3-1)12-7-15-8-13-12/h1-3,7-8H,4-6H2. The zero-order chi connectivity index (χ0) is 10.1. The first kappa shape index (κ1) is 8.68. The first-order valence-electron chi connectivity index (χ1n) is 5.02. The average molecular weight is 201 g/mol. The highest BCUT2D eigenvalue weighted by atomic mass is 16.5. The predicted molar refractivity (Wildman–Crippen MR) is 55.3 cm³/mol. The van der Waals surface area contributed by atoms with Gasteiger partial charge in [0.1, 0.15) is 12.0 Å². The molecule has 0 saturated carbocycles. The first-order chi connectivity index (χ1) is 7.45. The van der Waals surface area contributed by atoms with E-state index in [0.717, 1.165) is 18.7 Å². The summed E-state index contributed by atoms with van der Waals surface area (Å²) in [6, 6.07) is 6.23. The molecule has 1 aromatic carbocycles. The van der Waals surface area contributed by atoms with E-state index in [9.17, 15) is 0 Å². The van der Waals surface area contributed by atoms with Crippen molar-refractivity contribution in [1.82, 2.24) is 4.98 Å². The van der Waals surface area contributed by atoms with Gasteiger partial charge < -0.3 is 9.15 Å². The van der Waals surface area contributed by atoms with Crippen LogP contribution >= 0.6 is 0 Å². The van der Waals surface area contributed by atoms with E-state index in [2.05, 4.69) is 17.1 Å². The number of nitrogens with zero attached hydrogens (tertiary/aromatic N) is 1. The highest BCUT2D eigenvalue weighted by Crippen LogP contribution is 2.28. The molecule has 3 heteroatoms. The van der Waals surface area contributed by atoms with Crippen LogP contribution in [-0.2, 0) is 17.8 Å². The van der Waals surface area contributed by atoms with Crippen molar-refractivity contribution in [2.75, 3.05) is 6.61 Å². The van der Waals surface area contributed by atoms with Crippen molar-refractivity contribution >= 4 is 0 Å². The molecule has 2 aromatic rings. The lowest BCUT2D eigenvalue weighted by molar-refractivity contribution is 0.111. The maximum atomic E-state index is 5.42. The van der Waals surface area contributed by atoms with Crippen LogP contribution in [0.25, 0.3) is 11.3 Å². The zero-order valence-corrected chi connectivity index (χ0v) is 8.27. The SMILES string of the molecule is c1cc2c(c(-c3cocn3)c1)CCOC2. The molecular weight excluding hydrogens is 190 g/mol. The summed E-state index contributed by atoms with van der Waals surface area (Å²) in [5.74, 6) is 0. The molecule has 3 rings (SSSR count). The molecule has 0 atom stereocenters. The van der Waals surface area contributed by atoms with Gasteiger partial charge in [0, 0.05) is 5.56 Å². The third-order valence-electron chi connectivity index (χ3n) is 2.74. The van der Waals surface area contributed by atoms with Crippen LogP contribution in [0.15, 0.2) is 35.3 Å². The Hall–Kier alpha value is -1.61. The summed E-state index contributed by atoms with van der Waals surface area (Å²) in [7, 11) is 0. The van der Waals surface area contributed by atoms with Gasteiger partial charge in [-0.1, -0.05) is 18.2 Å². The maximum absolute atomic E-state index is 5.42. The Morgan fingerprint density at radius 1 is 1.27 bits per heavy atom. The molecule has 0 saturated heterocycles. The Balaban J connectivity index is 2.15. The van der Waals surface area contributed by atoms with Crippen LogP contribution in [0.5, 0.6) is 0 Å². The minimum absolute atomic E-state index is 0.709. The van der Waals surface area contributed by atoms with E-state index in [1.807, 2.05) is 6.07 Å². The topological polar surface area (TPSA) is 35.3 Å². The van der Waals surface area contributed by atoms with Crippen molar-refractivity contribution in [2.24, 2.45) is 0 Å². The van der Waals surface area contributed by atoms with E-state index in [1.165, 1.54) is 23.1 Å². The molecule has 76 valence electrons. The molecule has 1 aliphatic rings. The molecule has 0 spiro atoms. The summed E-state index contributed by atoms with van der Waals surface area (Å²) in [6.07, 6.45) is 4.11. The first-order valence-corrected chi connectivity index (χ1v) is 5.02. The molecule has 0 bridgehead atoms. The normalized spacial score (nSPS) is 14.9. The summed E-state index contributed by atoms with van der Waals surface area (Å²) in [6.45, 7) is 1.50. The minimum atomic E-state index is 0.709. The van der Waals surface area contributed by atoms with E-state index >= 15 is 0 Å². The summed E-state index contributed by atoms with van der Waals surface area (Å²) in [5.41, 5.74) is 4.69. The van der Waals surface area contributed by atoms with E-state index in [-0.39, 0.29) is 0 Å². The monoisotopic (exact) mass is 201 g/mol. The Bertz CT molecular complexity index is 462. The lowest BCUT2D eigenvalue weighted by atomic mass is 9.96. The van der Waals surface area contributed by atoms with Crippen molar-refractivity contribution < 1.29 is 9.15 Å². The fourth-order valence-corrected chi connectivity index (χ4v) is 2.01. The van der Waals surface area contributed by atoms with E-state index < -0.39 is 0 Å². The molecule has 0 N–H and O–H groups in total. The fourth-order valence-electron chi connectivity index (χ4n) is 2.01. The lowest BCUT2D eigenvalue weighted by Gasteiger charge is -2.18. The Morgan fingerprint density at radius 3 is 3.13 bits per heavy atom. The van der Waals surface area contributed by atoms with Crippen LogP contribution in [0.2, 0.25) is 0 Å². The smallest absolute Gasteiger partial charge is 0.181 e. The number of aromatic nitrogens is 1. The molecule has 15 heavy (non-hydrogen) atoms. The van der Waals surface area contributed by atoms with Crippen molar-refractivity contribution in [3.8, 4) is 11.3 Å². The molecule has 0 radical (unpaired) electrons. The van der Waals surface area contributed by atoms with Gasteiger partial charge in [0.25, 0.3) is 0 Å². The number of rotatable bonds is 1. The van der Waals surface area contributed by atoms with E-state index in [1.54, 1.807) is 6.26 Å². The van der Waals surface area contributed by atoms with Crippen molar-refractivity contribution in [3.63, 3.8) is 0 Å². The summed E-state index contributed by atoms with van der Waals surface area (Å²) in [5, 5.41) is 0. The van der Waals surface area contributed by atoms with Gasteiger partial charge in [0.15, 0.2) is 6.39 Å². The molecular formula is C12H11NO2. The van der Waals surface area contributed by atoms with Gasteiger partial charge in [-0.3, -0.25) is 0 Å². The van der Waals surface area contributed by atoms with Gasteiger partial charge in [-0.15, -0.1) is 0 Å². The number of fused-ring (bicyclic) bond motifs is 1. The van der Waals surface area contributed by atoms with Gasteiger partial charge in [0.2, 0.25) is 0 Å². The number of benzene rings is 1. The van der Waals surface area contributed by atoms with Crippen molar-refractivity contribution in [2.45, 2.75) is 13.0 Å². The number of hydrogen-bond donors (Lipinski definition) is 0. The molecule has 0 fully saturated rings. The molecule has 0 amide bonds. The van der Waals surface area contributed by atoms with Crippen LogP contribution in [0, 0.1) is 0 Å². The van der Waals surface area contributed by atoms with Gasteiger partial charge in [-0.25, -0.2) is 4.98 Å². The summed E-state index contributed by atoms with van der Waals surface area (Å²) in [4.78, 5) is 4.19. The highest BCUT2D eigenvalue weighted by molar-refractivity contribution is 5.64. The third-order valence-corrected chi connectivity index (χ3v) is 2.74. The quantitative estimate of drug-likeness (QED) is 0.710. The third kappa shape index (κ3) is 1.45. The number of hydrogen-bond acceptors (Lipinski definition) is 3. The Morgan fingerprint density at radius 2 is 2.27 bits per heavy atom. The van der Waals surface area contributed by atoms with Gasteiger partial charge >= 0.3 is 0 Å². The van der Waals surface area contributed by atoms with E-state index in [0.29, 0.717) is 6.61 Å². The predicted octanol–water partition coefficient (Wildman–Crippen LogP) is 2.41. The second kappa shape index (κ2) is 3.51. The second-order valence-electron chi connectivity index (χ2n) is 3.62. The second-order valence-corrected chi connectivity index (χ2v) is 3.62. The van der Waals surface area contributed by atoms with Crippen LogP contribution in [0.4, 0.5) is 0 Å². The minimum Gasteiger partial charge on any atom is -0.451 e. The van der Waals surface area contributed by atoms with Crippen LogP contribution in [0.3, 0.4) is 0 Å². The molecule has 0 unspecified atom stereocenters. The van der Waals surface area contributed by atoms with Gasteiger partial charge in [-0.05, 0) is 17.5 Å². The summed E-state index contributed by atoms with van der Waals surface area (Å²) < 4.78 is 10.4. The van der Waals surface area contributed by atoms with Gasteiger partial charge in [-0.2, -0.15) is 0 Å². The fraction of sp³-hybridized carbons (Fsp3) is 0.250. The Labute approximate surface area is 87.7 Å². The van der Waals surface area contributed by atoms with Crippen molar-refractivity contribution in [1.29, 1.82) is 0 Å². The summed E-state index contributed by atoms with van der Waals surface area (Å²) >= 11 is 0. The zero-order valence-electron chi connectivity index (χ0n) is 8.27. The highest BCUT2D eigenvalue weighted by Gasteiger charge is 2.15.